The molecule has 0 bridgehead atoms. The van der Waals surface area contributed by atoms with Gasteiger partial charge in [0.15, 0.2) is 0 Å². The molecule has 0 saturated carbocycles. The van der Waals surface area contributed by atoms with E-state index in [9.17, 15) is 9.00 Å². The molecule has 1 unspecified atom stereocenters. The molecule has 1 aromatic carbocycles. The molecule has 0 fully saturated rings. The largest absolute Gasteiger partial charge is 0.271 e. The molecule has 0 aliphatic rings. The van der Waals surface area contributed by atoms with Crippen molar-refractivity contribution in [2.45, 2.75) is 32.6 Å². The Hall–Kier alpha value is -1.20. The van der Waals surface area contributed by atoms with Crippen LogP contribution in [0.1, 0.15) is 26.3 Å². The summed E-state index contributed by atoms with van der Waals surface area (Å²) in [6.07, 6.45) is 0. The lowest BCUT2D eigenvalue weighted by Gasteiger charge is -2.13. The van der Waals surface area contributed by atoms with Gasteiger partial charge in [0.05, 0.1) is 4.90 Å². The average Bonchev–Trinajstić information content (AvgIpc) is 2.16. The second-order valence-electron chi connectivity index (χ2n) is 5.03. The van der Waals surface area contributed by atoms with Gasteiger partial charge in [-0.2, -0.15) is 0 Å². The molecule has 1 rings (SSSR count). The third-order valence-corrected chi connectivity index (χ3v) is 3.60. The SMILES string of the molecule is Cc1ccc(S(N)(=O)=NC(=O)C(C)(C)C)cc1. The van der Waals surface area contributed by atoms with Crippen LogP contribution in [0.4, 0.5) is 0 Å². The van der Waals surface area contributed by atoms with E-state index in [1.807, 2.05) is 6.92 Å². The van der Waals surface area contributed by atoms with Crippen LogP contribution in [0.2, 0.25) is 0 Å². The fourth-order valence-corrected chi connectivity index (χ4v) is 2.20. The summed E-state index contributed by atoms with van der Waals surface area (Å²) >= 11 is 0. The van der Waals surface area contributed by atoms with Crippen LogP contribution in [-0.4, -0.2) is 10.1 Å². The van der Waals surface area contributed by atoms with Crippen LogP contribution in [-0.2, 0) is 14.7 Å². The Morgan fingerprint density at radius 2 is 1.71 bits per heavy atom. The molecular formula is C12H18N2O2S. The molecule has 0 aromatic heterocycles. The molecule has 5 heteroatoms. The molecule has 0 aliphatic heterocycles. The Labute approximate surface area is 103 Å². The van der Waals surface area contributed by atoms with Crippen molar-refractivity contribution in [2.75, 3.05) is 0 Å². The van der Waals surface area contributed by atoms with E-state index in [0.717, 1.165) is 5.56 Å². The van der Waals surface area contributed by atoms with Gasteiger partial charge >= 0.3 is 0 Å². The van der Waals surface area contributed by atoms with Gasteiger partial charge in [-0.05, 0) is 19.1 Å². The van der Waals surface area contributed by atoms with Gasteiger partial charge in [0.2, 0.25) is 0 Å². The van der Waals surface area contributed by atoms with E-state index in [2.05, 4.69) is 4.36 Å². The Kier molecular flexibility index (Phi) is 3.74. The smallest absolute Gasteiger partial charge is 0.260 e. The molecule has 4 nitrogen and oxygen atoms in total. The molecule has 0 aliphatic carbocycles. The van der Waals surface area contributed by atoms with Gasteiger partial charge in [-0.1, -0.05) is 38.5 Å². The van der Waals surface area contributed by atoms with Gasteiger partial charge in [-0.3, -0.25) is 4.79 Å². The van der Waals surface area contributed by atoms with Crippen molar-refractivity contribution in [3.63, 3.8) is 0 Å². The van der Waals surface area contributed by atoms with Crippen molar-refractivity contribution in [1.29, 1.82) is 0 Å². The zero-order chi connectivity index (χ0) is 13.3. The van der Waals surface area contributed by atoms with Crippen LogP contribution < -0.4 is 5.14 Å². The minimum atomic E-state index is -3.13. The van der Waals surface area contributed by atoms with Crippen molar-refractivity contribution < 1.29 is 9.00 Å². The molecule has 1 aromatic rings. The second kappa shape index (κ2) is 4.58. The normalized spacial score (nSPS) is 15.1. The monoisotopic (exact) mass is 254 g/mol. The first-order chi connectivity index (χ1) is 7.63. The minimum absolute atomic E-state index is 0.376. The van der Waals surface area contributed by atoms with Crippen molar-refractivity contribution in [3.05, 3.63) is 29.8 Å². The number of hydrogen-bond donors (Lipinski definition) is 1. The highest BCUT2D eigenvalue weighted by Gasteiger charge is 2.23. The summed E-state index contributed by atoms with van der Waals surface area (Å²) in [4.78, 5) is 12.1. The standard InChI is InChI=1S/C12H18N2O2S/c1-9-5-7-10(8-6-9)17(13,16)14-11(15)12(2,3)4/h5-8H,1-4H3,(H2,13,14,15,16). The first-order valence-electron chi connectivity index (χ1n) is 5.29. The molecular weight excluding hydrogens is 236 g/mol. The van der Waals surface area contributed by atoms with Crippen molar-refractivity contribution in [3.8, 4) is 0 Å². The van der Waals surface area contributed by atoms with Crippen LogP contribution in [0.25, 0.3) is 0 Å². The van der Waals surface area contributed by atoms with Crippen LogP contribution in [0.3, 0.4) is 0 Å². The van der Waals surface area contributed by atoms with Gasteiger partial charge in [0.1, 0.15) is 9.92 Å². The van der Waals surface area contributed by atoms with Gasteiger partial charge in [0.25, 0.3) is 5.91 Å². The first kappa shape index (κ1) is 13.9. The number of amides is 1. The highest BCUT2D eigenvalue weighted by Crippen LogP contribution is 2.18. The Balaban J connectivity index is 3.20. The maximum atomic E-state index is 12.1. The Bertz CT molecular complexity index is 533. The third-order valence-electron chi connectivity index (χ3n) is 2.22. The summed E-state index contributed by atoms with van der Waals surface area (Å²) in [6.45, 7) is 7.05. The summed E-state index contributed by atoms with van der Waals surface area (Å²) in [5.41, 5.74) is 0.360. The lowest BCUT2D eigenvalue weighted by molar-refractivity contribution is -0.124. The number of carbonyl (C=O) groups excluding carboxylic acids is 1. The quantitative estimate of drug-likeness (QED) is 0.835. The van der Waals surface area contributed by atoms with E-state index in [1.54, 1.807) is 45.0 Å². The van der Waals surface area contributed by atoms with Crippen molar-refractivity contribution >= 4 is 15.8 Å². The Morgan fingerprint density at radius 1 is 1.24 bits per heavy atom. The van der Waals surface area contributed by atoms with E-state index in [-0.39, 0.29) is 0 Å². The lowest BCUT2D eigenvalue weighted by Crippen LogP contribution is -2.22. The number of benzene rings is 1. The van der Waals surface area contributed by atoms with Gasteiger partial charge in [0, 0.05) is 5.41 Å². The van der Waals surface area contributed by atoms with Crippen LogP contribution in [0.5, 0.6) is 0 Å². The van der Waals surface area contributed by atoms with Crippen molar-refractivity contribution in [1.82, 2.24) is 0 Å². The molecule has 17 heavy (non-hydrogen) atoms. The first-order valence-corrected chi connectivity index (χ1v) is 6.87. The predicted octanol–water partition coefficient (Wildman–Crippen LogP) is 2.27. The molecule has 0 radical (unpaired) electrons. The fraction of sp³-hybridized carbons (Fsp3) is 0.417. The molecule has 0 heterocycles. The topological polar surface area (TPSA) is 72.5 Å². The molecule has 2 N–H and O–H groups in total. The van der Waals surface area contributed by atoms with Crippen molar-refractivity contribution in [2.24, 2.45) is 14.9 Å². The zero-order valence-electron chi connectivity index (χ0n) is 10.6. The second-order valence-corrected chi connectivity index (χ2v) is 6.82. The van der Waals surface area contributed by atoms with Gasteiger partial charge < -0.3 is 0 Å². The number of carbonyl (C=O) groups is 1. The number of hydrogen-bond acceptors (Lipinski definition) is 2. The average molecular weight is 254 g/mol. The zero-order valence-corrected chi connectivity index (χ0v) is 11.4. The maximum Gasteiger partial charge on any atom is 0.260 e. The number of rotatable bonds is 1. The molecule has 1 atom stereocenters. The summed E-state index contributed by atoms with van der Waals surface area (Å²) in [5, 5.41) is 5.63. The van der Waals surface area contributed by atoms with E-state index in [4.69, 9.17) is 5.14 Å². The number of nitrogens with two attached hydrogens (primary N) is 1. The van der Waals surface area contributed by atoms with Crippen LogP contribution >= 0.6 is 0 Å². The number of aryl methyl sites for hydroxylation is 1. The van der Waals surface area contributed by atoms with E-state index >= 15 is 0 Å². The highest BCUT2D eigenvalue weighted by atomic mass is 32.2. The maximum absolute atomic E-state index is 12.1. The van der Waals surface area contributed by atoms with Crippen LogP contribution in [0.15, 0.2) is 33.5 Å². The van der Waals surface area contributed by atoms with Gasteiger partial charge in [-0.15, -0.1) is 4.36 Å². The summed E-state index contributed by atoms with van der Waals surface area (Å²) in [5.74, 6) is -0.453. The van der Waals surface area contributed by atoms with E-state index in [1.165, 1.54) is 0 Å². The summed E-state index contributed by atoms with van der Waals surface area (Å²) in [6, 6.07) is 6.85. The predicted molar refractivity (Wildman–Crippen MR) is 68.7 cm³/mol. The van der Waals surface area contributed by atoms with E-state index < -0.39 is 21.2 Å². The molecule has 1 amide bonds. The van der Waals surface area contributed by atoms with E-state index in [0.29, 0.717) is 4.90 Å². The summed E-state index contributed by atoms with van der Waals surface area (Å²) in [7, 11) is -3.13. The minimum Gasteiger partial charge on any atom is -0.271 e. The lowest BCUT2D eigenvalue weighted by atomic mass is 9.96. The van der Waals surface area contributed by atoms with Crippen LogP contribution in [0, 0.1) is 12.3 Å². The van der Waals surface area contributed by atoms with Gasteiger partial charge in [-0.25, -0.2) is 9.35 Å². The molecule has 0 saturated heterocycles. The number of nitrogens with zero attached hydrogens (tertiary/aromatic N) is 1. The summed E-state index contributed by atoms with van der Waals surface area (Å²) < 4.78 is 15.8. The Morgan fingerprint density at radius 3 is 2.12 bits per heavy atom. The fourth-order valence-electron chi connectivity index (χ4n) is 1.05. The highest BCUT2D eigenvalue weighted by molar-refractivity contribution is 7.91. The third kappa shape index (κ3) is 3.64. The molecule has 0 spiro atoms. The molecule has 94 valence electrons.